The third kappa shape index (κ3) is 2.23. The third-order valence-electron chi connectivity index (χ3n) is 2.41. The van der Waals surface area contributed by atoms with Gasteiger partial charge in [0.15, 0.2) is 11.6 Å². The van der Waals surface area contributed by atoms with Gasteiger partial charge in [-0.1, -0.05) is 0 Å². The third-order valence-corrected chi connectivity index (χ3v) is 2.41. The molecule has 1 aromatic carbocycles. The largest absolute Gasteiger partial charge is 0.490 e. The van der Waals surface area contributed by atoms with E-state index in [-0.39, 0.29) is 0 Å². The van der Waals surface area contributed by atoms with Crippen molar-refractivity contribution in [2.45, 2.75) is 0 Å². The second-order valence-corrected chi connectivity index (χ2v) is 3.46. The maximum absolute atomic E-state index is 8.73. The zero-order chi connectivity index (χ0) is 13.0. The Balaban J connectivity index is 2.41. The summed E-state index contributed by atoms with van der Waals surface area (Å²) in [6.07, 6.45) is 1.55. The number of methoxy groups -OCH3 is 2. The average molecular weight is 241 g/mol. The maximum Gasteiger partial charge on any atom is 0.260 e. The van der Waals surface area contributed by atoms with Crippen molar-refractivity contribution in [3.63, 3.8) is 0 Å². The van der Waals surface area contributed by atoms with Crippen LogP contribution in [0.5, 0.6) is 11.6 Å². The molecule has 0 spiro atoms. The lowest BCUT2D eigenvalue weighted by molar-refractivity contribution is 0.341. The smallest absolute Gasteiger partial charge is 0.260 e. The van der Waals surface area contributed by atoms with E-state index in [1.807, 2.05) is 0 Å². The summed E-state index contributed by atoms with van der Waals surface area (Å²) in [4.78, 5) is 8.43. The highest BCUT2D eigenvalue weighted by Crippen LogP contribution is 2.26. The second-order valence-electron chi connectivity index (χ2n) is 3.46. The van der Waals surface area contributed by atoms with Gasteiger partial charge >= 0.3 is 0 Å². The van der Waals surface area contributed by atoms with Gasteiger partial charge in [0, 0.05) is 5.56 Å². The number of benzene rings is 1. The predicted molar refractivity (Wildman–Crippen MR) is 65.3 cm³/mol. The van der Waals surface area contributed by atoms with Gasteiger partial charge in [0.05, 0.1) is 32.0 Å². The van der Waals surface area contributed by atoms with Crippen LogP contribution in [0.1, 0.15) is 5.56 Å². The van der Waals surface area contributed by atoms with Gasteiger partial charge in [0.25, 0.3) is 5.88 Å². The predicted octanol–water partition coefficient (Wildman–Crippen LogP) is 2.03. The van der Waals surface area contributed by atoms with Crippen LogP contribution in [0.15, 0.2) is 30.5 Å². The summed E-state index contributed by atoms with van der Waals surface area (Å²) in [5, 5.41) is 8.73. The van der Waals surface area contributed by atoms with Crippen molar-refractivity contribution in [2.75, 3.05) is 14.2 Å². The lowest BCUT2D eigenvalue weighted by Crippen LogP contribution is -1.97. The Hall–Kier alpha value is -2.61. The van der Waals surface area contributed by atoms with E-state index in [0.29, 0.717) is 23.0 Å². The van der Waals surface area contributed by atoms with E-state index in [1.54, 1.807) is 30.5 Å². The number of ether oxygens (including phenoxy) is 2. The Labute approximate surface area is 105 Å². The summed E-state index contributed by atoms with van der Waals surface area (Å²) < 4.78 is 10.2. The fraction of sp³-hybridized carbons (Fsp3) is 0.154. The van der Waals surface area contributed by atoms with Crippen molar-refractivity contribution in [3.8, 4) is 29.1 Å². The molecule has 0 aliphatic heterocycles. The summed E-state index contributed by atoms with van der Waals surface area (Å²) in [7, 11) is 3.05. The molecule has 0 saturated heterocycles. The zero-order valence-corrected chi connectivity index (χ0v) is 10.0. The highest BCUT2D eigenvalue weighted by molar-refractivity contribution is 5.57. The molecule has 5 nitrogen and oxygen atoms in total. The molecule has 5 heteroatoms. The topological polar surface area (TPSA) is 68.0 Å². The summed E-state index contributed by atoms with van der Waals surface area (Å²) >= 11 is 0. The van der Waals surface area contributed by atoms with Crippen LogP contribution in [0, 0.1) is 11.3 Å². The van der Waals surface area contributed by atoms with Crippen LogP contribution in [0.4, 0.5) is 0 Å². The van der Waals surface area contributed by atoms with Gasteiger partial charge in [0.1, 0.15) is 0 Å². The normalized spacial score (nSPS) is 9.61. The summed E-state index contributed by atoms with van der Waals surface area (Å²) in [6, 6.07) is 9.08. The van der Waals surface area contributed by atoms with Crippen LogP contribution in [0.2, 0.25) is 0 Å². The molecule has 1 aromatic heterocycles. The van der Waals surface area contributed by atoms with E-state index in [4.69, 9.17) is 14.7 Å². The lowest BCUT2D eigenvalue weighted by atomic mass is 10.1. The van der Waals surface area contributed by atoms with Crippen molar-refractivity contribution < 1.29 is 9.47 Å². The van der Waals surface area contributed by atoms with Crippen LogP contribution >= 0.6 is 0 Å². The molecule has 0 aliphatic rings. The highest BCUT2D eigenvalue weighted by Gasteiger charge is 2.09. The summed E-state index contributed by atoms with van der Waals surface area (Å²) in [5.74, 6) is 1.39. The number of aromatic nitrogens is 2. The Morgan fingerprint density at radius 2 is 1.83 bits per heavy atom. The summed E-state index contributed by atoms with van der Waals surface area (Å²) in [6.45, 7) is 0. The standard InChI is InChI=1S/C13H11N3O2/c1-17-11-8-15-12(16-13(11)18-2)10-5-3-9(7-14)4-6-10/h3-6,8H,1-2H3. The molecule has 18 heavy (non-hydrogen) atoms. The number of rotatable bonds is 3. The Morgan fingerprint density at radius 3 is 2.39 bits per heavy atom. The average Bonchev–Trinajstić information content (AvgIpc) is 2.46. The molecule has 0 N–H and O–H groups in total. The van der Waals surface area contributed by atoms with Crippen molar-refractivity contribution >= 4 is 0 Å². The number of hydrogen-bond donors (Lipinski definition) is 0. The molecular weight excluding hydrogens is 230 g/mol. The van der Waals surface area contributed by atoms with Crippen molar-refractivity contribution in [1.82, 2.24) is 9.97 Å². The van der Waals surface area contributed by atoms with Gasteiger partial charge in [0.2, 0.25) is 0 Å². The van der Waals surface area contributed by atoms with Gasteiger partial charge in [-0.25, -0.2) is 4.98 Å². The summed E-state index contributed by atoms with van der Waals surface area (Å²) in [5.41, 5.74) is 1.41. The van der Waals surface area contributed by atoms with Crippen molar-refractivity contribution in [1.29, 1.82) is 5.26 Å². The molecule has 0 atom stereocenters. The molecule has 0 saturated carbocycles. The Morgan fingerprint density at radius 1 is 1.11 bits per heavy atom. The number of nitrogens with zero attached hydrogens (tertiary/aromatic N) is 3. The van der Waals surface area contributed by atoms with Gasteiger partial charge in [-0.15, -0.1) is 0 Å². The molecule has 0 amide bonds. The number of hydrogen-bond acceptors (Lipinski definition) is 5. The van der Waals surface area contributed by atoms with Crippen LogP contribution in [-0.4, -0.2) is 24.2 Å². The Kier molecular flexibility index (Phi) is 3.39. The first-order valence-corrected chi connectivity index (χ1v) is 5.24. The fourth-order valence-corrected chi connectivity index (χ4v) is 1.47. The first-order valence-electron chi connectivity index (χ1n) is 5.24. The van der Waals surface area contributed by atoms with Gasteiger partial charge < -0.3 is 9.47 Å². The van der Waals surface area contributed by atoms with Crippen LogP contribution in [-0.2, 0) is 0 Å². The van der Waals surface area contributed by atoms with Crippen LogP contribution in [0.25, 0.3) is 11.4 Å². The van der Waals surface area contributed by atoms with E-state index >= 15 is 0 Å². The molecule has 0 aliphatic carbocycles. The molecule has 2 rings (SSSR count). The molecule has 0 radical (unpaired) electrons. The molecule has 90 valence electrons. The van der Waals surface area contributed by atoms with Crippen LogP contribution in [0.3, 0.4) is 0 Å². The van der Waals surface area contributed by atoms with E-state index in [1.165, 1.54) is 14.2 Å². The van der Waals surface area contributed by atoms with E-state index < -0.39 is 0 Å². The van der Waals surface area contributed by atoms with Gasteiger partial charge in [-0.2, -0.15) is 10.2 Å². The highest BCUT2D eigenvalue weighted by atomic mass is 16.5. The monoisotopic (exact) mass is 241 g/mol. The van der Waals surface area contributed by atoms with E-state index in [0.717, 1.165) is 5.56 Å². The Bertz CT molecular complexity index is 588. The SMILES string of the molecule is COc1cnc(-c2ccc(C#N)cc2)nc1OC. The first kappa shape index (κ1) is 11.9. The quantitative estimate of drug-likeness (QED) is 0.822. The minimum absolute atomic E-state index is 0.381. The second kappa shape index (κ2) is 5.15. The molecule has 0 unspecified atom stereocenters. The molecular formula is C13H11N3O2. The molecule has 0 bridgehead atoms. The molecule has 0 fully saturated rings. The van der Waals surface area contributed by atoms with E-state index in [9.17, 15) is 0 Å². The van der Waals surface area contributed by atoms with Gasteiger partial charge in [-0.3, -0.25) is 0 Å². The molecule has 2 aromatic rings. The van der Waals surface area contributed by atoms with Crippen LogP contribution < -0.4 is 9.47 Å². The molecule has 1 heterocycles. The number of nitriles is 1. The minimum Gasteiger partial charge on any atom is -0.490 e. The lowest BCUT2D eigenvalue weighted by Gasteiger charge is -2.07. The first-order chi connectivity index (χ1) is 8.78. The van der Waals surface area contributed by atoms with Crippen molar-refractivity contribution in [2.24, 2.45) is 0 Å². The van der Waals surface area contributed by atoms with E-state index in [2.05, 4.69) is 16.0 Å². The fourth-order valence-electron chi connectivity index (χ4n) is 1.47. The zero-order valence-electron chi connectivity index (χ0n) is 10.0. The van der Waals surface area contributed by atoms with Crippen molar-refractivity contribution in [3.05, 3.63) is 36.0 Å². The minimum atomic E-state index is 0.381. The van der Waals surface area contributed by atoms with Gasteiger partial charge in [-0.05, 0) is 24.3 Å². The maximum atomic E-state index is 8.73.